The second kappa shape index (κ2) is 8.55. The van der Waals surface area contributed by atoms with Crippen LogP contribution in [-0.2, 0) is 16.6 Å². The van der Waals surface area contributed by atoms with Gasteiger partial charge in [-0.15, -0.1) is 0 Å². The monoisotopic (exact) mass is 385 g/mol. The van der Waals surface area contributed by atoms with Crippen LogP contribution < -0.4 is 10.2 Å². The average molecular weight is 385 g/mol. The number of carbonyl (C=O) groups is 1. The molecule has 0 radical (unpaired) electrons. The van der Waals surface area contributed by atoms with E-state index in [1.165, 1.54) is 25.3 Å². The Kier molecular flexibility index (Phi) is 5.93. The Morgan fingerprint density at radius 2 is 2.29 bits per heavy atom. The molecule has 1 atom stereocenters. The van der Waals surface area contributed by atoms with Crippen LogP contribution in [0.2, 0.25) is 0 Å². The van der Waals surface area contributed by atoms with Crippen molar-refractivity contribution in [3.05, 3.63) is 52.3 Å². The molecule has 2 aromatic rings. The number of anilines is 2. The third-order valence-electron chi connectivity index (χ3n) is 4.67. The molecule has 1 N–H and O–H groups in total. The molecule has 28 heavy (non-hydrogen) atoms. The first-order valence-electron chi connectivity index (χ1n) is 9.01. The van der Waals surface area contributed by atoms with Gasteiger partial charge in [-0.1, -0.05) is 6.07 Å². The zero-order chi connectivity index (χ0) is 20.1. The lowest BCUT2D eigenvalue weighted by Crippen LogP contribution is -2.42. The van der Waals surface area contributed by atoms with Gasteiger partial charge in [0.15, 0.2) is 0 Å². The van der Waals surface area contributed by atoms with Gasteiger partial charge in [0.25, 0.3) is 5.69 Å². The molecule has 9 heteroatoms. The van der Waals surface area contributed by atoms with E-state index < -0.39 is 10.9 Å². The number of methoxy groups -OCH3 is 1. The topological polar surface area (TPSA) is 103 Å². The lowest BCUT2D eigenvalue weighted by molar-refractivity contribution is -0.384. The summed E-state index contributed by atoms with van der Waals surface area (Å²) in [4.78, 5) is 24.6. The second-order valence-electron chi connectivity index (χ2n) is 6.69. The van der Waals surface area contributed by atoms with E-state index >= 15 is 0 Å². The zero-order valence-corrected chi connectivity index (χ0v) is 15.9. The molecule has 0 spiro atoms. The number of nitrogens with zero attached hydrogens (tertiary/aromatic N) is 4. The number of hydrogen-bond acceptors (Lipinski definition) is 7. The predicted molar refractivity (Wildman–Crippen MR) is 106 cm³/mol. The Balaban J connectivity index is 1.74. The standard InChI is InChI=1S/C19H23N5O4/c1-22-13-16(11-20-22)23-9-3-4-15(12-23)21-17-7-5-14(6-8-19(25)28-2)10-18(17)24(26)27/h5-8,10-11,13,15,21H,3-4,9,12H2,1-2H3/b8-6-. The number of aryl methyl sites for hydroxylation is 1. The van der Waals surface area contributed by atoms with Crippen LogP contribution >= 0.6 is 0 Å². The molecule has 0 aliphatic carbocycles. The lowest BCUT2D eigenvalue weighted by atomic mass is 10.0. The van der Waals surface area contributed by atoms with Crippen LogP contribution in [0.15, 0.2) is 36.7 Å². The Bertz CT molecular complexity index is 892. The van der Waals surface area contributed by atoms with Crippen LogP contribution in [0.3, 0.4) is 0 Å². The van der Waals surface area contributed by atoms with E-state index in [0.29, 0.717) is 11.3 Å². The molecule has 1 aromatic heterocycles. The normalized spacial score (nSPS) is 16.9. The Labute approximate surface area is 162 Å². The van der Waals surface area contributed by atoms with E-state index in [1.807, 2.05) is 19.4 Å². The average Bonchev–Trinajstić information content (AvgIpc) is 3.13. The highest BCUT2D eigenvalue weighted by Gasteiger charge is 2.23. The van der Waals surface area contributed by atoms with Crippen LogP contribution in [0.1, 0.15) is 18.4 Å². The van der Waals surface area contributed by atoms with Crippen LogP contribution in [0.4, 0.5) is 17.1 Å². The van der Waals surface area contributed by atoms with Crippen molar-refractivity contribution in [1.29, 1.82) is 0 Å². The Hall–Kier alpha value is -3.36. The van der Waals surface area contributed by atoms with Gasteiger partial charge in [-0.3, -0.25) is 14.8 Å². The van der Waals surface area contributed by atoms with Gasteiger partial charge in [-0.25, -0.2) is 4.79 Å². The molecule has 1 unspecified atom stereocenters. The van der Waals surface area contributed by atoms with Crippen molar-refractivity contribution in [2.24, 2.45) is 7.05 Å². The van der Waals surface area contributed by atoms with Gasteiger partial charge in [-0.2, -0.15) is 5.10 Å². The Morgan fingerprint density at radius 1 is 1.46 bits per heavy atom. The number of nitro benzene ring substituents is 1. The molecule has 148 valence electrons. The first kappa shape index (κ1) is 19.4. The number of nitrogens with one attached hydrogen (secondary N) is 1. The zero-order valence-electron chi connectivity index (χ0n) is 15.9. The van der Waals surface area contributed by atoms with Crippen molar-refractivity contribution in [2.45, 2.75) is 18.9 Å². The predicted octanol–water partition coefficient (Wildman–Crippen LogP) is 2.60. The summed E-state index contributed by atoms with van der Waals surface area (Å²) in [5, 5.41) is 19.1. The minimum absolute atomic E-state index is 0.0227. The summed E-state index contributed by atoms with van der Waals surface area (Å²) in [6.45, 7) is 1.68. The van der Waals surface area contributed by atoms with Crippen LogP contribution in [0.5, 0.6) is 0 Å². The van der Waals surface area contributed by atoms with Gasteiger partial charge in [-0.05, 0) is 30.5 Å². The maximum Gasteiger partial charge on any atom is 0.330 e. The molecule has 9 nitrogen and oxygen atoms in total. The number of carbonyl (C=O) groups excluding carboxylic acids is 1. The first-order valence-corrected chi connectivity index (χ1v) is 9.01. The molecule has 1 fully saturated rings. The molecular weight excluding hydrogens is 362 g/mol. The van der Waals surface area contributed by atoms with E-state index in [0.717, 1.165) is 31.6 Å². The number of ether oxygens (including phenoxy) is 1. The first-order chi connectivity index (χ1) is 13.5. The molecule has 0 saturated carbocycles. The summed E-state index contributed by atoms with van der Waals surface area (Å²) < 4.78 is 6.30. The summed E-state index contributed by atoms with van der Waals surface area (Å²) in [5.41, 5.74) is 2.05. The second-order valence-corrected chi connectivity index (χ2v) is 6.69. The van der Waals surface area contributed by atoms with Crippen LogP contribution in [0, 0.1) is 10.1 Å². The largest absolute Gasteiger partial charge is 0.466 e. The number of nitro groups is 1. The fourth-order valence-corrected chi connectivity index (χ4v) is 3.28. The van der Waals surface area contributed by atoms with Gasteiger partial charge < -0.3 is 15.0 Å². The number of hydrogen-bond donors (Lipinski definition) is 1. The highest BCUT2D eigenvalue weighted by atomic mass is 16.6. The molecule has 2 heterocycles. The lowest BCUT2D eigenvalue weighted by Gasteiger charge is -2.34. The third-order valence-corrected chi connectivity index (χ3v) is 4.67. The summed E-state index contributed by atoms with van der Waals surface area (Å²) in [6.07, 6.45) is 8.44. The molecule has 1 aromatic carbocycles. The highest BCUT2D eigenvalue weighted by Crippen LogP contribution is 2.29. The maximum atomic E-state index is 11.5. The minimum Gasteiger partial charge on any atom is -0.466 e. The van der Waals surface area contributed by atoms with Crippen molar-refractivity contribution in [2.75, 3.05) is 30.4 Å². The summed E-state index contributed by atoms with van der Waals surface area (Å²) in [5.74, 6) is -0.512. The highest BCUT2D eigenvalue weighted by molar-refractivity contribution is 5.87. The molecule has 1 saturated heterocycles. The number of rotatable bonds is 6. The minimum atomic E-state index is -0.512. The van der Waals surface area contributed by atoms with E-state index in [9.17, 15) is 14.9 Å². The molecule has 0 amide bonds. The van der Waals surface area contributed by atoms with Crippen molar-refractivity contribution < 1.29 is 14.5 Å². The van der Waals surface area contributed by atoms with Crippen molar-refractivity contribution in [1.82, 2.24) is 9.78 Å². The van der Waals surface area contributed by atoms with Crippen LogP contribution in [0.25, 0.3) is 6.08 Å². The van der Waals surface area contributed by atoms with Crippen molar-refractivity contribution in [3.8, 4) is 0 Å². The maximum absolute atomic E-state index is 11.5. The number of piperidine rings is 1. The van der Waals surface area contributed by atoms with Crippen molar-refractivity contribution >= 4 is 29.1 Å². The smallest absolute Gasteiger partial charge is 0.330 e. The van der Waals surface area contributed by atoms with Crippen LogP contribution in [-0.4, -0.2) is 46.9 Å². The molecule has 3 rings (SSSR count). The van der Waals surface area contributed by atoms with Gasteiger partial charge in [0.05, 0.1) is 23.9 Å². The van der Waals surface area contributed by atoms with Gasteiger partial charge in [0.2, 0.25) is 0 Å². The summed E-state index contributed by atoms with van der Waals surface area (Å²) in [6, 6.07) is 4.95. The molecule has 0 bridgehead atoms. The van der Waals surface area contributed by atoms with Gasteiger partial charge in [0, 0.05) is 44.5 Å². The fourth-order valence-electron chi connectivity index (χ4n) is 3.28. The third kappa shape index (κ3) is 4.67. The summed E-state index contributed by atoms with van der Waals surface area (Å²) in [7, 11) is 3.16. The van der Waals surface area contributed by atoms with E-state index in [4.69, 9.17) is 0 Å². The summed E-state index contributed by atoms with van der Waals surface area (Å²) >= 11 is 0. The van der Waals surface area contributed by atoms with E-state index in [1.54, 1.807) is 16.8 Å². The molecule has 1 aliphatic heterocycles. The SMILES string of the molecule is COC(=O)/C=C\c1ccc(NC2CCCN(c3cnn(C)c3)C2)c([N+](=O)[O-])c1. The van der Waals surface area contributed by atoms with Crippen molar-refractivity contribution in [3.63, 3.8) is 0 Å². The Morgan fingerprint density at radius 3 is 2.96 bits per heavy atom. The van der Waals surface area contributed by atoms with E-state index in [2.05, 4.69) is 20.1 Å². The van der Waals surface area contributed by atoms with Gasteiger partial charge in [0.1, 0.15) is 5.69 Å². The number of benzene rings is 1. The molecular formula is C19H23N5O4. The quantitative estimate of drug-likeness (QED) is 0.353. The number of aromatic nitrogens is 2. The number of esters is 1. The van der Waals surface area contributed by atoms with E-state index in [-0.39, 0.29) is 11.7 Å². The van der Waals surface area contributed by atoms with Gasteiger partial charge >= 0.3 is 5.97 Å². The fraction of sp³-hybridized carbons (Fsp3) is 0.368. The molecule has 1 aliphatic rings.